The lowest BCUT2D eigenvalue weighted by molar-refractivity contribution is -0.146. The average molecular weight is 524 g/mol. The van der Waals surface area contributed by atoms with Gasteiger partial charge in [0, 0.05) is 40.8 Å². The Labute approximate surface area is 184 Å². The number of esters is 1. The Balaban J connectivity index is 0.00000392. The summed E-state index contributed by atoms with van der Waals surface area (Å²) in [4.78, 5) is 18.3. The van der Waals surface area contributed by atoms with Crippen molar-refractivity contribution in [3.63, 3.8) is 0 Å². The van der Waals surface area contributed by atoms with E-state index in [1.807, 2.05) is 6.07 Å². The number of carbonyl (C=O) groups is 1. The number of guanidine groups is 1. The lowest BCUT2D eigenvalue weighted by atomic mass is 9.97. The van der Waals surface area contributed by atoms with E-state index in [0.717, 1.165) is 0 Å². The van der Waals surface area contributed by atoms with Crippen molar-refractivity contribution in [2.45, 2.75) is 24.3 Å². The molecule has 0 aliphatic carbocycles. The maximum atomic E-state index is 12.5. The van der Waals surface area contributed by atoms with Crippen molar-refractivity contribution in [2.24, 2.45) is 10.9 Å². The fourth-order valence-electron chi connectivity index (χ4n) is 3.10. The lowest BCUT2D eigenvalue weighted by Gasteiger charge is -2.33. The third-order valence-corrected chi connectivity index (χ3v) is 6.62. The largest absolute Gasteiger partial charge is 0.469 e. The van der Waals surface area contributed by atoms with E-state index in [2.05, 4.69) is 15.2 Å². The number of methoxy groups -OCH3 is 1. The maximum Gasteiger partial charge on any atom is 0.308 e. The molecule has 1 N–H and O–H groups in total. The number of halogens is 1. The van der Waals surface area contributed by atoms with Gasteiger partial charge < -0.3 is 15.0 Å². The van der Waals surface area contributed by atoms with Crippen molar-refractivity contribution in [1.82, 2.24) is 14.5 Å². The van der Waals surface area contributed by atoms with Crippen LogP contribution in [0.1, 0.15) is 18.4 Å². The number of rotatable bonds is 5. The zero-order valence-corrected chi connectivity index (χ0v) is 19.9. The molecule has 1 saturated heterocycles. The molecule has 1 aliphatic heterocycles. The number of nitrogens with zero attached hydrogens (tertiary/aromatic N) is 3. The van der Waals surface area contributed by atoms with Gasteiger partial charge in [-0.05, 0) is 24.5 Å². The van der Waals surface area contributed by atoms with Crippen LogP contribution in [0.2, 0.25) is 0 Å². The Kier molecular flexibility index (Phi) is 9.64. The van der Waals surface area contributed by atoms with Gasteiger partial charge in [-0.1, -0.05) is 18.2 Å². The molecular weight excluding hydrogens is 495 g/mol. The van der Waals surface area contributed by atoms with E-state index < -0.39 is 10.0 Å². The summed E-state index contributed by atoms with van der Waals surface area (Å²) in [5.74, 6) is 0.450. The van der Waals surface area contributed by atoms with Gasteiger partial charge in [0.05, 0.1) is 17.9 Å². The van der Waals surface area contributed by atoms with Crippen LogP contribution in [0.5, 0.6) is 0 Å². The van der Waals surface area contributed by atoms with E-state index in [9.17, 15) is 13.2 Å². The van der Waals surface area contributed by atoms with Gasteiger partial charge in [0.25, 0.3) is 0 Å². The van der Waals surface area contributed by atoms with Crippen LogP contribution in [0.25, 0.3) is 0 Å². The number of hydrogen-bond donors (Lipinski definition) is 1. The van der Waals surface area contributed by atoms with Crippen molar-refractivity contribution in [3.05, 3.63) is 29.8 Å². The van der Waals surface area contributed by atoms with Gasteiger partial charge >= 0.3 is 5.97 Å². The van der Waals surface area contributed by atoms with Gasteiger partial charge in [-0.15, -0.1) is 24.0 Å². The molecule has 10 heteroatoms. The average Bonchev–Trinajstić information content (AvgIpc) is 2.68. The predicted octanol–water partition coefficient (Wildman–Crippen LogP) is 1.52. The molecule has 0 unspecified atom stereocenters. The first kappa shape index (κ1) is 24.6. The van der Waals surface area contributed by atoms with Gasteiger partial charge in [0.15, 0.2) is 5.96 Å². The first-order chi connectivity index (χ1) is 12.8. The molecule has 8 nitrogen and oxygen atoms in total. The third-order valence-electron chi connectivity index (χ3n) is 4.71. The number of hydrogen-bond acceptors (Lipinski definition) is 5. The summed E-state index contributed by atoms with van der Waals surface area (Å²) in [7, 11) is 2.62. The molecule has 2 rings (SSSR count). The SMILES string of the molecule is CN=C(NCc1ccccc1S(=O)(=O)N(C)C)N1CCC(C(=O)OC)CC1.I. The summed E-state index contributed by atoms with van der Waals surface area (Å²) in [6.07, 6.45) is 1.41. The molecule has 28 heavy (non-hydrogen) atoms. The number of aliphatic imine (C=N–C) groups is 1. The maximum absolute atomic E-state index is 12.5. The summed E-state index contributed by atoms with van der Waals surface area (Å²) in [5.41, 5.74) is 0.678. The molecule has 0 saturated carbocycles. The molecular formula is C18H29IN4O4S. The zero-order valence-electron chi connectivity index (χ0n) is 16.7. The van der Waals surface area contributed by atoms with Crippen molar-refractivity contribution in [3.8, 4) is 0 Å². The lowest BCUT2D eigenvalue weighted by Crippen LogP contribution is -2.46. The molecule has 1 fully saturated rings. The monoisotopic (exact) mass is 524 g/mol. The highest BCUT2D eigenvalue weighted by atomic mass is 127. The van der Waals surface area contributed by atoms with E-state index in [1.54, 1.807) is 25.2 Å². The van der Waals surface area contributed by atoms with Crippen molar-refractivity contribution in [1.29, 1.82) is 0 Å². The molecule has 0 bridgehead atoms. The standard InChI is InChI=1S/C18H28N4O4S.HI/c1-19-18(22-11-9-14(10-12-22)17(23)26-4)20-13-15-7-5-6-8-16(15)27(24,25)21(2)3;/h5-8,14H,9-13H2,1-4H3,(H,19,20);1H. The van der Waals surface area contributed by atoms with E-state index in [0.29, 0.717) is 44.0 Å². The fraction of sp³-hybridized carbons (Fsp3) is 0.556. The summed E-state index contributed by atoms with van der Waals surface area (Å²) in [5, 5.41) is 3.24. The van der Waals surface area contributed by atoms with Crippen LogP contribution in [0.4, 0.5) is 0 Å². The van der Waals surface area contributed by atoms with Gasteiger partial charge in [-0.2, -0.15) is 0 Å². The minimum Gasteiger partial charge on any atom is -0.469 e. The van der Waals surface area contributed by atoms with Gasteiger partial charge in [0.1, 0.15) is 0 Å². The second-order valence-electron chi connectivity index (χ2n) is 6.58. The second-order valence-corrected chi connectivity index (χ2v) is 8.70. The number of nitrogens with one attached hydrogen (secondary N) is 1. The van der Waals surface area contributed by atoms with Crippen LogP contribution in [0.15, 0.2) is 34.2 Å². The Morgan fingerprint density at radius 3 is 2.43 bits per heavy atom. The van der Waals surface area contributed by atoms with Gasteiger partial charge in [0.2, 0.25) is 10.0 Å². The Hall–Kier alpha value is -1.40. The molecule has 0 aromatic heterocycles. The zero-order chi connectivity index (χ0) is 20.0. The smallest absolute Gasteiger partial charge is 0.308 e. The van der Waals surface area contributed by atoms with E-state index in [1.165, 1.54) is 25.5 Å². The number of sulfonamides is 1. The predicted molar refractivity (Wildman–Crippen MR) is 119 cm³/mol. The number of ether oxygens (including phenoxy) is 1. The second kappa shape index (κ2) is 11.0. The van der Waals surface area contributed by atoms with Crippen molar-refractivity contribution in [2.75, 3.05) is 41.3 Å². The van der Waals surface area contributed by atoms with Crippen LogP contribution in [-0.2, 0) is 26.1 Å². The summed E-state index contributed by atoms with van der Waals surface area (Å²) in [6, 6.07) is 6.93. The highest BCUT2D eigenvalue weighted by Crippen LogP contribution is 2.20. The Morgan fingerprint density at radius 2 is 1.89 bits per heavy atom. The van der Waals surface area contributed by atoms with Crippen LogP contribution < -0.4 is 5.32 Å². The topological polar surface area (TPSA) is 91.3 Å². The minimum absolute atomic E-state index is 0. The number of benzene rings is 1. The molecule has 158 valence electrons. The molecule has 1 aromatic carbocycles. The normalized spacial score (nSPS) is 15.9. The molecule has 0 radical (unpaired) electrons. The fourth-order valence-corrected chi connectivity index (χ4v) is 4.21. The van der Waals surface area contributed by atoms with Gasteiger partial charge in [-0.3, -0.25) is 9.79 Å². The highest BCUT2D eigenvalue weighted by Gasteiger charge is 2.27. The highest BCUT2D eigenvalue weighted by molar-refractivity contribution is 14.0. The van der Waals surface area contributed by atoms with Crippen LogP contribution in [-0.4, -0.2) is 70.9 Å². The quantitative estimate of drug-likeness (QED) is 0.272. The number of carbonyl (C=O) groups excluding carboxylic acids is 1. The molecule has 1 aromatic rings. The van der Waals surface area contributed by atoms with Crippen molar-refractivity contribution >= 4 is 45.9 Å². The Morgan fingerprint density at radius 1 is 1.29 bits per heavy atom. The Bertz CT molecular complexity index is 791. The summed E-state index contributed by atoms with van der Waals surface area (Å²) < 4.78 is 31.0. The first-order valence-corrected chi connectivity index (χ1v) is 10.3. The van der Waals surface area contributed by atoms with E-state index in [-0.39, 0.29) is 40.8 Å². The summed E-state index contributed by atoms with van der Waals surface area (Å²) >= 11 is 0. The molecule has 0 atom stereocenters. The molecule has 0 spiro atoms. The number of piperidine rings is 1. The molecule has 1 heterocycles. The van der Waals surface area contributed by atoms with E-state index in [4.69, 9.17) is 4.74 Å². The van der Waals surface area contributed by atoms with Crippen molar-refractivity contribution < 1.29 is 17.9 Å². The van der Waals surface area contributed by atoms with Crippen LogP contribution in [0, 0.1) is 5.92 Å². The van der Waals surface area contributed by atoms with Crippen LogP contribution in [0.3, 0.4) is 0 Å². The third kappa shape index (κ3) is 5.80. The van der Waals surface area contributed by atoms with Gasteiger partial charge in [-0.25, -0.2) is 12.7 Å². The first-order valence-electron chi connectivity index (χ1n) is 8.85. The molecule has 0 amide bonds. The molecule has 1 aliphatic rings. The minimum atomic E-state index is -3.52. The summed E-state index contributed by atoms with van der Waals surface area (Å²) in [6.45, 7) is 1.72. The van der Waals surface area contributed by atoms with Crippen LogP contribution >= 0.6 is 24.0 Å². The van der Waals surface area contributed by atoms with E-state index >= 15 is 0 Å². The number of likely N-dealkylation sites (tertiary alicyclic amines) is 1.